The van der Waals surface area contributed by atoms with Crippen LogP contribution in [0.5, 0.6) is 0 Å². The Balaban J connectivity index is 2.83. The van der Waals surface area contributed by atoms with Gasteiger partial charge in [0.1, 0.15) is 9.39 Å². The molecule has 0 radical (unpaired) electrons. The second-order valence-electron chi connectivity index (χ2n) is 3.77. The molecule has 0 bridgehead atoms. The predicted octanol–water partition coefficient (Wildman–Crippen LogP) is 0.193. The number of amides is 1. The molecule has 0 aliphatic rings. The van der Waals surface area contributed by atoms with Gasteiger partial charge >= 0.3 is 0 Å². The molecule has 1 aromatic heterocycles. The minimum Gasteiger partial charge on any atom is -0.359 e. The molecule has 0 fully saturated rings. The first-order valence-corrected chi connectivity index (χ1v) is 6.21. The third-order valence-corrected chi connectivity index (χ3v) is 3.35. The molecule has 1 unspecified atom stereocenters. The van der Waals surface area contributed by atoms with Gasteiger partial charge in [0, 0.05) is 20.6 Å². The van der Waals surface area contributed by atoms with Crippen molar-refractivity contribution in [1.29, 1.82) is 0 Å². The van der Waals surface area contributed by atoms with Crippen LogP contribution < -0.4 is 15.8 Å². The van der Waals surface area contributed by atoms with E-state index in [9.17, 15) is 9.59 Å². The number of rotatable bonds is 4. The summed E-state index contributed by atoms with van der Waals surface area (Å²) >= 11 is 1.95. The van der Waals surface area contributed by atoms with E-state index in [0.717, 1.165) is 0 Å². The standard InChI is InChI=1S/C10H15IN4O2/c1-6(9(16)12-2)4-15(3)8-7(11)10(17)14-5-13-8/h5-6H,4H2,1-3H3,(H,12,16)(H,13,14,17). The molecule has 0 aliphatic carbocycles. The van der Waals surface area contributed by atoms with E-state index in [1.807, 2.05) is 36.6 Å². The molecule has 0 saturated carbocycles. The van der Waals surface area contributed by atoms with E-state index >= 15 is 0 Å². The van der Waals surface area contributed by atoms with Gasteiger partial charge in [-0.1, -0.05) is 6.92 Å². The summed E-state index contributed by atoms with van der Waals surface area (Å²) in [6.45, 7) is 2.33. The average Bonchev–Trinajstić information content (AvgIpc) is 2.31. The Morgan fingerprint density at radius 1 is 1.71 bits per heavy atom. The van der Waals surface area contributed by atoms with Gasteiger partial charge < -0.3 is 15.2 Å². The topological polar surface area (TPSA) is 78.1 Å². The van der Waals surface area contributed by atoms with E-state index in [1.165, 1.54) is 6.33 Å². The first-order valence-electron chi connectivity index (χ1n) is 5.13. The summed E-state index contributed by atoms with van der Waals surface area (Å²) < 4.78 is 0.525. The van der Waals surface area contributed by atoms with Crippen molar-refractivity contribution in [2.24, 2.45) is 5.92 Å². The molecule has 0 aromatic carbocycles. The van der Waals surface area contributed by atoms with Crippen molar-refractivity contribution in [1.82, 2.24) is 15.3 Å². The van der Waals surface area contributed by atoms with Gasteiger partial charge in [-0.2, -0.15) is 0 Å². The summed E-state index contributed by atoms with van der Waals surface area (Å²) in [6.07, 6.45) is 1.36. The summed E-state index contributed by atoms with van der Waals surface area (Å²) in [7, 11) is 3.41. The monoisotopic (exact) mass is 350 g/mol. The Morgan fingerprint density at radius 2 is 2.35 bits per heavy atom. The number of halogens is 1. The number of anilines is 1. The SMILES string of the molecule is CNC(=O)C(C)CN(C)c1nc[nH]c(=O)c1I. The number of hydrogen-bond acceptors (Lipinski definition) is 4. The molecule has 1 heterocycles. The molecule has 94 valence electrons. The van der Waals surface area contributed by atoms with Gasteiger partial charge in [-0.3, -0.25) is 9.59 Å². The smallest absolute Gasteiger partial charge is 0.266 e. The highest BCUT2D eigenvalue weighted by molar-refractivity contribution is 14.1. The molecule has 2 N–H and O–H groups in total. The highest BCUT2D eigenvalue weighted by Crippen LogP contribution is 2.14. The Labute approximate surface area is 113 Å². The van der Waals surface area contributed by atoms with Crippen LogP contribution in [0.25, 0.3) is 0 Å². The minimum absolute atomic E-state index is 0.0308. The maximum atomic E-state index is 11.4. The van der Waals surface area contributed by atoms with Gasteiger partial charge in [0.15, 0.2) is 0 Å². The lowest BCUT2D eigenvalue weighted by molar-refractivity contribution is -0.123. The predicted molar refractivity (Wildman–Crippen MR) is 74.1 cm³/mol. The van der Waals surface area contributed by atoms with E-state index in [-0.39, 0.29) is 17.4 Å². The zero-order valence-corrected chi connectivity index (χ0v) is 12.1. The molecule has 1 amide bonds. The van der Waals surface area contributed by atoms with Crippen LogP contribution in [0.2, 0.25) is 0 Å². The lowest BCUT2D eigenvalue weighted by atomic mass is 10.1. The third-order valence-electron chi connectivity index (χ3n) is 2.38. The summed E-state index contributed by atoms with van der Waals surface area (Å²) in [5.41, 5.74) is -0.171. The van der Waals surface area contributed by atoms with Crippen LogP contribution >= 0.6 is 22.6 Å². The summed E-state index contributed by atoms with van der Waals surface area (Å²) in [6, 6.07) is 0. The molecule has 0 aliphatic heterocycles. The van der Waals surface area contributed by atoms with Crippen molar-refractivity contribution in [3.8, 4) is 0 Å². The number of aromatic nitrogens is 2. The van der Waals surface area contributed by atoms with Crippen molar-refractivity contribution in [2.75, 3.05) is 25.5 Å². The molecule has 0 saturated heterocycles. The lowest BCUT2D eigenvalue weighted by Gasteiger charge is -2.22. The summed E-state index contributed by atoms with van der Waals surface area (Å²) in [4.78, 5) is 31.2. The van der Waals surface area contributed by atoms with Gasteiger partial charge in [-0.25, -0.2) is 4.98 Å². The first-order chi connectivity index (χ1) is 7.97. The molecular weight excluding hydrogens is 335 g/mol. The third kappa shape index (κ3) is 3.42. The van der Waals surface area contributed by atoms with Gasteiger partial charge in [-0.15, -0.1) is 0 Å². The Bertz CT molecular complexity index is 460. The number of carbonyl (C=O) groups is 1. The number of nitrogens with zero attached hydrogens (tertiary/aromatic N) is 2. The van der Waals surface area contributed by atoms with E-state index in [4.69, 9.17) is 0 Å². The number of nitrogens with one attached hydrogen (secondary N) is 2. The number of carbonyl (C=O) groups excluding carboxylic acids is 1. The molecule has 0 spiro atoms. The molecule has 1 atom stereocenters. The van der Waals surface area contributed by atoms with E-state index in [1.54, 1.807) is 11.9 Å². The maximum absolute atomic E-state index is 11.4. The van der Waals surface area contributed by atoms with Crippen LogP contribution in [0.1, 0.15) is 6.92 Å². The van der Waals surface area contributed by atoms with Crippen LogP contribution in [0.3, 0.4) is 0 Å². The van der Waals surface area contributed by atoms with E-state index in [2.05, 4.69) is 15.3 Å². The van der Waals surface area contributed by atoms with Crippen molar-refractivity contribution in [3.05, 3.63) is 20.3 Å². The highest BCUT2D eigenvalue weighted by atomic mass is 127. The fourth-order valence-corrected chi connectivity index (χ4v) is 2.17. The summed E-state index contributed by atoms with van der Waals surface area (Å²) in [5, 5.41) is 2.59. The number of H-pyrrole nitrogens is 1. The number of aromatic amines is 1. The molecule has 6 nitrogen and oxygen atoms in total. The van der Waals surface area contributed by atoms with Crippen LogP contribution in [0.4, 0.5) is 5.82 Å². The quantitative estimate of drug-likeness (QED) is 0.761. The molecule has 7 heteroatoms. The van der Waals surface area contributed by atoms with E-state index in [0.29, 0.717) is 15.9 Å². The normalized spacial score (nSPS) is 12.0. The number of hydrogen-bond donors (Lipinski definition) is 2. The van der Waals surface area contributed by atoms with E-state index < -0.39 is 0 Å². The second kappa shape index (κ2) is 5.99. The van der Waals surface area contributed by atoms with Crippen molar-refractivity contribution in [3.63, 3.8) is 0 Å². The van der Waals surface area contributed by atoms with Gasteiger partial charge in [0.05, 0.1) is 12.2 Å². The molecule has 1 aromatic rings. The minimum atomic E-state index is -0.171. The Morgan fingerprint density at radius 3 is 2.94 bits per heavy atom. The Kier molecular flexibility index (Phi) is 4.91. The van der Waals surface area contributed by atoms with Crippen molar-refractivity contribution >= 4 is 34.3 Å². The highest BCUT2D eigenvalue weighted by Gasteiger charge is 2.17. The fourth-order valence-electron chi connectivity index (χ4n) is 1.47. The fraction of sp³-hybridized carbons (Fsp3) is 0.500. The zero-order chi connectivity index (χ0) is 13.0. The second-order valence-corrected chi connectivity index (χ2v) is 4.84. The van der Waals surface area contributed by atoms with Gasteiger partial charge in [-0.05, 0) is 22.6 Å². The zero-order valence-electron chi connectivity index (χ0n) is 9.95. The van der Waals surface area contributed by atoms with Crippen LogP contribution in [0.15, 0.2) is 11.1 Å². The molecule has 17 heavy (non-hydrogen) atoms. The van der Waals surface area contributed by atoms with Crippen LogP contribution in [0, 0.1) is 9.49 Å². The van der Waals surface area contributed by atoms with Gasteiger partial charge in [0.25, 0.3) is 5.56 Å². The maximum Gasteiger partial charge on any atom is 0.266 e. The summed E-state index contributed by atoms with van der Waals surface area (Å²) in [5.74, 6) is 0.392. The molecular formula is C10H15IN4O2. The lowest BCUT2D eigenvalue weighted by Crippen LogP contribution is -2.35. The van der Waals surface area contributed by atoms with Crippen LogP contribution in [-0.4, -0.2) is 36.5 Å². The Hall–Kier alpha value is -1.12. The molecule has 1 rings (SSSR count). The largest absolute Gasteiger partial charge is 0.359 e. The van der Waals surface area contributed by atoms with Crippen LogP contribution in [-0.2, 0) is 4.79 Å². The van der Waals surface area contributed by atoms with Crippen molar-refractivity contribution in [2.45, 2.75) is 6.92 Å². The average molecular weight is 350 g/mol. The first kappa shape index (κ1) is 13.9. The van der Waals surface area contributed by atoms with Crippen molar-refractivity contribution < 1.29 is 4.79 Å². The van der Waals surface area contributed by atoms with Gasteiger partial charge in [0.2, 0.25) is 5.91 Å².